The van der Waals surface area contributed by atoms with E-state index in [1.54, 1.807) is 4.90 Å². The molecule has 5 heteroatoms. The zero-order valence-corrected chi connectivity index (χ0v) is 11.4. The summed E-state index contributed by atoms with van der Waals surface area (Å²) in [5.74, 6) is -0.269. The molecular weight excluding hydrogens is 258 g/mol. The molecule has 1 aliphatic rings. The second-order valence-corrected chi connectivity index (χ2v) is 4.83. The van der Waals surface area contributed by atoms with Crippen molar-refractivity contribution in [1.82, 2.24) is 4.90 Å². The molecule has 1 atom stereocenters. The van der Waals surface area contributed by atoms with Gasteiger partial charge in [-0.25, -0.2) is 0 Å². The van der Waals surface area contributed by atoms with Gasteiger partial charge in [-0.2, -0.15) is 0 Å². The van der Waals surface area contributed by atoms with Gasteiger partial charge in [-0.3, -0.25) is 9.59 Å². The number of benzene rings is 1. The lowest BCUT2D eigenvalue weighted by Gasteiger charge is -2.20. The van der Waals surface area contributed by atoms with Crippen molar-refractivity contribution in [3.05, 3.63) is 35.4 Å². The molecule has 1 amide bonds. The van der Waals surface area contributed by atoms with E-state index < -0.39 is 0 Å². The Morgan fingerprint density at radius 1 is 1.35 bits per heavy atom. The highest BCUT2D eigenvalue weighted by Gasteiger charge is 2.30. The van der Waals surface area contributed by atoms with Gasteiger partial charge in [-0.15, -0.1) is 0 Å². The van der Waals surface area contributed by atoms with Gasteiger partial charge in [0.05, 0.1) is 19.6 Å². The summed E-state index contributed by atoms with van der Waals surface area (Å²) < 4.78 is 4.60. The molecule has 0 bridgehead atoms. The average molecular weight is 275 g/mol. The van der Waals surface area contributed by atoms with Gasteiger partial charge >= 0.3 is 5.97 Å². The average Bonchev–Trinajstić information content (AvgIpc) is 2.81. The van der Waals surface area contributed by atoms with E-state index >= 15 is 0 Å². The second kappa shape index (κ2) is 6.32. The Morgan fingerprint density at radius 3 is 2.60 bits per heavy atom. The zero-order valence-electron chi connectivity index (χ0n) is 11.4. The Balaban J connectivity index is 2.01. The fourth-order valence-corrected chi connectivity index (χ4v) is 2.30. The van der Waals surface area contributed by atoms with Crippen LogP contribution in [0.1, 0.15) is 24.0 Å². The fourth-order valence-electron chi connectivity index (χ4n) is 2.30. The number of hydrogen-bond acceptors (Lipinski definition) is 4. The molecule has 1 heterocycles. The topological polar surface area (TPSA) is 63.7 Å². The van der Waals surface area contributed by atoms with Gasteiger partial charge in [0.2, 0.25) is 5.91 Å². The van der Waals surface area contributed by atoms with Gasteiger partial charge in [0, 0.05) is 13.0 Å². The number of carbonyl (C=O) groups is 3. The summed E-state index contributed by atoms with van der Waals surface area (Å²) in [6.45, 7) is 0.431. The van der Waals surface area contributed by atoms with E-state index in [1.807, 2.05) is 24.3 Å². The van der Waals surface area contributed by atoms with Crippen molar-refractivity contribution in [3.63, 3.8) is 0 Å². The minimum Gasteiger partial charge on any atom is -0.469 e. The molecule has 1 aromatic rings. The minimum absolute atomic E-state index is 0.0146. The molecule has 0 spiro atoms. The van der Waals surface area contributed by atoms with Gasteiger partial charge in [0.25, 0.3) is 0 Å². The second-order valence-electron chi connectivity index (χ2n) is 4.83. The van der Waals surface area contributed by atoms with E-state index in [0.29, 0.717) is 19.4 Å². The SMILES string of the molecule is COC(=O)Cc1ccc(CN2C(=O)CCC2C=O)cc1. The predicted molar refractivity (Wildman–Crippen MR) is 71.8 cm³/mol. The van der Waals surface area contributed by atoms with Crippen LogP contribution in [0.5, 0.6) is 0 Å². The molecule has 0 N–H and O–H groups in total. The molecule has 1 aliphatic heterocycles. The van der Waals surface area contributed by atoms with E-state index in [1.165, 1.54) is 7.11 Å². The first-order valence-electron chi connectivity index (χ1n) is 6.53. The minimum atomic E-state index is -0.308. The molecule has 2 rings (SSSR count). The Labute approximate surface area is 117 Å². The van der Waals surface area contributed by atoms with Crippen LogP contribution in [0.25, 0.3) is 0 Å². The van der Waals surface area contributed by atoms with Crippen molar-refractivity contribution >= 4 is 18.2 Å². The third-order valence-electron chi connectivity index (χ3n) is 3.48. The molecule has 0 aliphatic carbocycles. The number of rotatable bonds is 5. The van der Waals surface area contributed by atoms with Crippen LogP contribution in [-0.4, -0.2) is 36.2 Å². The van der Waals surface area contributed by atoms with Crippen LogP contribution >= 0.6 is 0 Å². The third kappa shape index (κ3) is 3.23. The van der Waals surface area contributed by atoms with E-state index in [4.69, 9.17) is 0 Å². The highest BCUT2D eigenvalue weighted by atomic mass is 16.5. The maximum absolute atomic E-state index is 11.7. The van der Waals surface area contributed by atoms with Gasteiger partial charge in [-0.05, 0) is 17.5 Å². The van der Waals surface area contributed by atoms with E-state index in [2.05, 4.69) is 4.74 Å². The zero-order chi connectivity index (χ0) is 14.5. The summed E-state index contributed by atoms with van der Waals surface area (Å²) in [5, 5.41) is 0. The molecule has 0 saturated carbocycles. The molecule has 1 aromatic carbocycles. The summed E-state index contributed by atoms with van der Waals surface area (Å²) in [4.78, 5) is 35.4. The van der Waals surface area contributed by atoms with Crippen LogP contribution < -0.4 is 0 Å². The number of nitrogens with zero attached hydrogens (tertiary/aromatic N) is 1. The van der Waals surface area contributed by atoms with Crippen LogP contribution in [0.3, 0.4) is 0 Å². The maximum atomic E-state index is 11.7. The summed E-state index contributed by atoms with van der Waals surface area (Å²) in [6.07, 6.45) is 2.10. The summed E-state index contributed by atoms with van der Waals surface area (Å²) in [6, 6.07) is 7.10. The molecular formula is C15H17NO4. The normalized spacial score (nSPS) is 18.1. The summed E-state index contributed by atoms with van der Waals surface area (Å²) in [7, 11) is 1.36. The number of methoxy groups -OCH3 is 1. The molecule has 106 valence electrons. The number of aldehydes is 1. The van der Waals surface area contributed by atoms with Crippen LogP contribution in [-0.2, 0) is 32.1 Å². The van der Waals surface area contributed by atoms with Gasteiger partial charge < -0.3 is 14.4 Å². The van der Waals surface area contributed by atoms with Crippen LogP contribution in [0.2, 0.25) is 0 Å². The van der Waals surface area contributed by atoms with Crippen molar-refractivity contribution in [1.29, 1.82) is 0 Å². The van der Waals surface area contributed by atoms with Crippen molar-refractivity contribution in [3.8, 4) is 0 Å². The van der Waals surface area contributed by atoms with Gasteiger partial charge in [-0.1, -0.05) is 24.3 Å². The van der Waals surface area contributed by atoms with Crippen LogP contribution in [0.15, 0.2) is 24.3 Å². The highest BCUT2D eigenvalue weighted by Crippen LogP contribution is 2.20. The molecule has 20 heavy (non-hydrogen) atoms. The monoisotopic (exact) mass is 275 g/mol. The fraction of sp³-hybridized carbons (Fsp3) is 0.400. The number of ether oxygens (including phenoxy) is 1. The van der Waals surface area contributed by atoms with E-state index in [0.717, 1.165) is 17.4 Å². The first-order valence-corrected chi connectivity index (χ1v) is 6.53. The first-order chi connectivity index (χ1) is 9.63. The van der Waals surface area contributed by atoms with Crippen LogP contribution in [0, 0.1) is 0 Å². The third-order valence-corrected chi connectivity index (χ3v) is 3.48. The highest BCUT2D eigenvalue weighted by molar-refractivity contribution is 5.83. The smallest absolute Gasteiger partial charge is 0.309 e. The van der Waals surface area contributed by atoms with Crippen molar-refractivity contribution in [2.24, 2.45) is 0 Å². The quantitative estimate of drug-likeness (QED) is 0.596. The molecule has 1 saturated heterocycles. The van der Waals surface area contributed by atoms with Crippen molar-refractivity contribution in [2.45, 2.75) is 31.8 Å². The van der Waals surface area contributed by atoms with E-state index in [-0.39, 0.29) is 24.3 Å². The number of hydrogen-bond donors (Lipinski definition) is 0. The predicted octanol–water partition coefficient (Wildman–Crippen LogP) is 1.09. The molecule has 0 radical (unpaired) electrons. The summed E-state index contributed by atoms with van der Waals surface area (Å²) in [5.41, 5.74) is 1.81. The number of carbonyl (C=O) groups excluding carboxylic acids is 3. The molecule has 1 unspecified atom stereocenters. The van der Waals surface area contributed by atoms with Gasteiger partial charge in [0.15, 0.2) is 0 Å². The van der Waals surface area contributed by atoms with Crippen molar-refractivity contribution in [2.75, 3.05) is 7.11 Å². The van der Waals surface area contributed by atoms with E-state index in [9.17, 15) is 14.4 Å². The van der Waals surface area contributed by atoms with Gasteiger partial charge in [0.1, 0.15) is 6.29 Å². The number of likely N-dealkylation sites (tertiary alicyclic amines) is 1. The van der Waals surface area contributed by atoms with Crippen LogP contribution in [0.4, 0.5) is 0 Å². The largest absolute Gasteiger partial charge is 0.469 e. The lowest BCUT2D eigenvalue weighted by atomic mass is 10.1. The molecule has 5 nitrogen and oxygen atoms in total. The Bertz CT molecular complexity index is 509. The standard InChI is InChI=1S/C15H17NO4/c1-20-15(19)8-11-2-4-12(5-3-11)9-16-13(10-17)6-7-14(16)18/h2-5,10,13H,6-9H2,1H3. The Kier molecular flexibility index (Phi) is 4.50. The van der Waals surface area contributed by atoms with Crippen molar-refractivity contribution < 1.29 is 19.1 Å². The summed E-state index contributed by atoms with van der Waals surface area (Å²) >= 11 is 0. The first kappa shape index (κ1) is 14.2. The lowest BCUT2D eigenvalue weighted by molar-refractivity contribution is -0.139. The number of amides is 1. The Morgan fingerprint density at radius 2 is 2.00 bits per heavy atom. The molecule has 0 aromatic heterocycles. The molecule has 1 fully saturated rings. The lowest BCUT2D eigenvalue weighted by Crippen LogP contribution is -2.33. The number of esters is 1. The maximum Gasteiger partial charge on any atom is 0.309 e. The Hall–Kier alpha value is -2.17.